The fourth-order valence-corrected chi connectivity index (χ4v) is 1.55. The molecule has 3 nitrogen and oxygen atoms in total. The second-order valence-corrected chi connectivity index (χ2v) is 4.14. The molecule has 5 heteroatoms. The minimum atomic E-state index is -2.42. The number of alkyl halides is 2. The second kappa shape index (κ2) is 9.69. The maximum atomic E-state index is 11.8. The fourth-order valence-electron chi connectivity index (χ4n) is 1.55. The lowest BCUT2D eigenvalue weighted by Crippen LogP contribution is -2.14. The first-order chi connectivity index (χ1) is 9.22. The van der Waals surface area contributed by atoms with Crippen LogP contribution in [-0.4, -0.2) is 32.8 Å². The van der Waals surface area contributed by atoms with Gasteiger partial charge in [0.1, 0.15) is 19.0 Å². The minimum absolute atomic E-state index is 0.169. The Bertz CT molecular complexity index is 348. The first-order valence-electron chi connectivity index (χ1n) is 6.50. The fraction of sp³-hybridized carbons (Fsp3) is 0.571. The van der Waals surface area contributed by atoms with Crippen LogP contribution in [0, 0.1) is 0 Å². The third-order valence-corrected chi connectivity index (χ3v) is 2.39. The molecule has 0 aliphatic heterocycles. The molecule has 108 valence electrons. The molecule has 1 N–H and O–H groups in total. The van der Waals surface area contributed by atoms with Gasteiger partial charge in [-0.15, -0.1) is 0 Å². The zero-order valence-electron chi connectivity index (χ0n) is 11.2. The van der Waals surface area contributed by atoms with Gasteiger partial charge in [0.25, 0.3) is 6.43 Å². The second-order valence-electron chi connectivity index (χ2n) is 4.14. The summed E-state index contributed by atoms with van der Waals surface area (Å²) in [6.07, 6.45) is -1.33. The van der Waals surface area contributed by atoms with Crippen LogP contribution < -0.4 is 10.1 Å². The van der Waals surface area contributed by atoms with Crippen LogP contribution in [0.1, 0.15) is 18.9 Å². The van der Waals surface area contributed by atoms with Crippen molar-refractivity contribution in [3.05, 3.63) is 29.8 Å². The zero-order valence-corrected chi connectivity index (χ0v) is 11.2. The van der Waals surface area contributed by atoms with Gasteiger partial charge in [0.15, 0.2) is 0 Å². The number of hydrogen-bond donors (Lipinski definition) is 1. The van der Waals surface area contributed by atoms with Crippen molar-refractivity contribution in [2.24, 2.45) is 0 Å². The van der Waals surface area contributed by atoms with Crippen LogP contribution in [0.4, 0.5) is 8.78 Å². The van der Waals surface area contributed by atoms with Gasteiger partial charge in [-0.3, -0.25) is 0 Å². The van der Waals surface area contributed by atoms with E-state index in [9.17, 15) is 8.78 Å². The van der Waals surface area contributed by atoms with Gasteiger partial charge in [-0.1, -0.05) is 19.1 Å². The van der Waals surface area contributed by atoms with Crippen molar-refractivity contribution in [1.29, 1.82) is 0 Å². The molecule has 0 atom stereocenters. The van der Waals surface area contributed by atoms with Crippen molar-refractivity contribution >= 4 is 0 Å². The van der Waals surface area contributed by atoms with E-state index in [2.05, 4.69) is 12.2 Å². The Labute approximate surface area is 112 Å². The Hall–Kier alpha value is -1.20. The summed E-state index contributed by atoms with van der Waals surface area (Å²) in [4.78, 5) is 0. The summed E-state index contributed by atoms with van der Waals surface area (Å²) in [5, 5.41) is 3.30. The Balaban J connectivity index is 2.23. The van der Waals surface area contributed by atoms with E-state index >= 15 is 0 Å². The highest BCUT2D eigenvalue weighted by Crippen LogP contribution is 2.13. The average Bonchev–Trinajstić information content (AvgIpc) is 2.39. The van der Waals surface area contributed by atoms with Crippen molar-refractivity contribution in [3.63, 3.8) is 0 Å². The van der Waals surface area contributed by atoms with Crippen molar-refractivity contribution < 1.29 is 18.3 Å². The number of rotatable bonds is 10. The summed E-state index contributed by atoms with van der Waals surface area (Å²) in [5.41, 5.74) is 1.14. The van der Waals surface area contributed by atoms with Crippen molar-refractivity contribution in [1.82, 2.24) is 5.32 Å². The van der Waals surface area contributed by atoms with Crippen LogP contribution in [0.5, 0.6) is 5.75 Å². The molecular formula is C14H21F2NO2. The molecule has 0 saturated heterocycles. The highest BCUT2D eigenvalue weighted by Gasteiger charge is 2.01. The first-order valence-corrected chi connectivity index (χ1v) is 6.50. The molecule has 1 aromatic carbocycles. The van der Waals surface area contributed by atoms with E-state index in [1.807, 2.05) is 24.3 Å². The highest BCUT2D eigenvalue weighted by atomic mass is 19.3. The summed E-state index contributed by atoms with van der Waals surface area (Å²) >= 11 is 0. The lowest BCUT2D eigenvalue weighted by atomic mass is 10.2. The van der Waals surface area contributed by atoms with Gasteiger partial charge in [-0.25, -0.2) is 8.78 Å². The minimum Gasteiger partial charge on any atom is -0.491 e. The largest absolute Gasteiger partial charge is 0.491 e. The molecule has 0 fully saturated rings. The smallest absolute Gasteiger partial charge is 0.261 e. The third-order valence-electron chi connectivity index (χ3n) is 2.39. The molecule has 0 unspecified atom stereocenters. The Kier molecular flexibility index (Phi) is 8.09. The van der Waals surface area contributed by atoms with Crippen molar-refractivity contribution in [2.45, 2.75) is 26.3 Å². The van der Waals surface area contributed by atoms with E-state index < -0.39 is 13.0 Å². The van der Waals surface area contributed by atoms with Crippen LogP contribution in [0.3, 0.4) is 0 Å². The molecule has 0 spiro atoms. The van der Waals surface area contributed by atoms with E-state index in [-0.39, 0.29) is 13.2 Å². The quantitative estimate of drug-likeness (QED) is 0.665. The van der Waals surface area contributed by atoms with Gasteiger partial charge in [0.05, 0.1) is 6.61 Å². The average molecular weight is 273 g/mol. The topological polar surface area (TPSA) is 30.5 Å². The van der Waals surface area contributed by atoms with Gasteiger partial charge in [-0.2, -0.15) is 0 Å². The van der Waals surface area contributed by atoms with Gasteiger partial charge in [-0.05, 0) is 30.7 Å². The molecule has 0 bridgehead atoms. The number of halogens is 2. The van der Waals surface area contributed by atoms with Crippen LogP contribution in [-0.2, 0) is 11.3 Å². The monoisotopic (exact) mass is 273 g/mol. The lowest BCUT2D eigenvalue weighted by molar-refractivity contribution is 0.00763. The molecular weight excluding hydrogens is 252 g/mol. The molecule has 0 aliphatic rings. The van der Waals surface area contributed by atoms with Gasteiger partial charge >= 0.3 is 0 Å². The van der Waals surface area contributed by atoms with Crippen LogP contribution in [0.2, 0.25) is 0 Å². The Morgan fingerprint density at radius 3 is 2.84 bits per heavy atom. The summed E-state index contributed by atoms with van der Waals surface area (Å²) in [5.74, 6) is 0.733. The first kappa shape index (κ1) is 15.9. The predicted octanol–water partition coefficient (Wildman–Crippen LogP) is 2.85. The number of ether oxygens (including phenoxy) is 2. The predicted molar refractivity (Wildman–Crippen MR) is 70.8 cm³/mol. The number of hydrogen-bond acceptors (Lipinski definition) is 3. The third kappa shape index (κ3) is 7.74. The lowest BCUT2D eigenvalue weighted by Gasteiger charge is -2.09. The highest BCUT2D eigenvalue weighted by molar-refractivity contribution is 5.28. The van der Waals surface area contributed by atoms with Gasteiger partial charge in [0.2, 0.25) is 0 Å². The van der Waals surface area contributed by atoms with E-state index in [0.29, 0.717) is 0 Å². The molecule has 1 rings (SSSR count). The standard InChI is InChI=1S/C14H21F2NO2/c1-2-6-17-10-12-4-3-5-13(9-12)19-8-7-18-11-14(15)16/h3-5,9,14,17H,2,6-8,10-11H2,1H3. The maximum Gasteiger partial charge on any atom is 0.261 e. The van der Waals surface area contributed by atoms with Gasteiger partial charge in [0, 0.05) is 6.54 Å². The van der Waals surface area contributed by atoms with E-state index in [4.69, 9.17) is 9.47 Å². The van der Waals surface area contributed by atoms with E-state index in [1.165, 1.54) is 0 Å². The van der Waals surface area contributed by atoms with Crippen LogP contribution >= 0.6 is 0 Å². The van der Waals surface area contributed by atoms with E-state index in [0.717, 1.165) is 30.8 Å². The summed E-state index contributed by atoms with van der Waals surface area (Å²) in [7, 11) is 0. The Morgan fingerprint density at radius 2 is 2.11 bits per heavy atom. The van der Waals surface area contributed by atoms with Crippen LogP contribution in [0.15, 0.2) is 24.3 Å². The number of benzene rings is 1. The molecule has 0 saturated carbocycles. The number of nitrogens with one attached hydrogen (secondary N) is 1. The molecule has 1 aromatic rings. The molecule has 0 radical (unpaired) electrons. The Morgan fingerprint density at radius 1 is 1.26 bits per heavy atom. The molecule has 19 heavy (non-hydrogen) atoms. The summed E-state index contributed by atoms with van der Waals surface area (Å²) < 4.78 is 33.8. The SMILES string of the molecule is CCCNCc1cccc(OCCOCC(F)F)c1. The molecule has 0 heterocycles. The molecule has 0 aromatic heterocycles. The summed E-state index contributed by atoms with van der Waals surface area (Å²) in [6, 6.07) is 7.72. The zero-order chi connectivity index (χ0) is 13.9. The van der Waals surface area contributed by atoms with Crippen LogP contribution in [0.25, 0.3) is 0 Å². The maximum absolute atomic E-state index is 11.8. The normalized spacial score (nSPS) is 10.9. The molecule has 0 aliphatic carbocycles. The molecule has 0 amide bonds. The van der Waals surface area contributed by atoms with E-state index in [1.54, 1.807) is 0 Å². The van der Waals surface area contributed by atoms with Gasteiger partial charge < -0.3 is 14.8 Å². The van der Waals surface area contributed by atoms with Crippen molar-refractivity contribution in [2.75, 3.05) is 26.4 Å². The summed E-state index contributed by atoms with van der Waals surface area (Å²) in [6.45, 7) is 3.80. The van der Waals surface area contributed by atoms with Crippen molar-refractivity contribution in [3.8, 4) is 5.75 Å².